The molecule has 1 N–H and O–H groups in total. The molecule has 0 rings (SSSR count). The maximum Gasteiger partial charge on any atom is 0.0575 e. The number of ether oxygens (including phenoxy) is 2. The van der Waals surface area contributed by atoms with Gasteiger partial charge in [-0.25, -0.2) is 0 Å². The minimum absolute atomic E-state index is 0.737. The highest BCUT2D eigenvalue weighted by Crippen LogP contribution is 1.88. The molecule has 0 aliphatic carbocycles. The van der Waals surface area contributed by atoms with Crippen LogP contribution in [-0.4, -0.2) is 39.5 Å². The lowest BCUT2D eigenvalue weighted by atomic mass is 10.4. The second-order valence-corrected chi connectivity index (χ2v) is 3.46. The predicted octanol–water partition coefficient (Wildman–Crippen LogP) is 1.82. The molecule has 94 valence electrons. The highest BCUT2D eigenvalue weighted by atomic mass is 16.5. The van der Waals surface area contributed by atoms with Gasteiger partial charge in [-0.1, -0.05) is 6.92 Å². The molecule has 0 spiro atoms. The van der Waals surface area contributed by atoms with Crippen LogP contribution in [0.3, 0.4) is 0 Å². The van der Waals surface area contributed by atoms with Gasteiger partial charge in [0.05, 0.1) is 6.61 Å². The van der Waals surface area contributed by atoms with Crippen molar-refractivity contribution in [1.82, 2.24) is 5.32 Å². The lowest BCUT2D eigenvalue weighted by Gasteiger charge is -2.05. The van der Waals surface area contributed by atoms with Gasteiger partial charge >= 0.3 is 0 Å². The molecule has 3 heteroatoms. The van der Waals surface area contributed by atoms with Crippen LogP contribution < -0.4 is 5.32 Å². The molecule has 3 nitrogen and oxygen atoms in total. The molecule has 0 aliphatic rings. The fourth-order valence-corrected chi connectivity index (χ4v) is 1.19. The van der Waals surface area contributed by atoms with Crippen LogP contribution in [0.5, 0.6) is 0 Å². The first-order chi connectivity index (χ1) is 7.91. The van der Waals surface area contributed by atoms with E-state index >= 15 is 0 Å². The average Bonchev–Trinajstić information content (AvgIpc) is 2.31. The van der Waals surface area contributed by atoms with Gasteiger partial charge in [-0.15, -0.1) is 11.8 Å². The minimum Gasteiger partial charge on any atom is -0.381 e. The van der Waals surface area contributed by atoms with Gasteiger partial charge in [0.25, 0.3) is 0 Å². The molecule has 0 aromatic rings. The van der Waals surface area contributed by atoms with Crippen LogP contribution in [-0.2, 0) is 9.47 Å². The first-order valence-corrected chi connectivity index (χ1v) is 6.17. The smallest absolute Gasteiger partial charge is 0.0575 e. The van der Waals surface area contributed by atoms with Crippen molar-refractivity contribution in [3.8, 4) is 11.8 Å². The lowest BCUT2D eigenvalue weighted by molar-refractivity contribution is 0.0841. The third-order valence-electron chi connectivity index (χ3n) is 2.02. The fraction of sp³-hybridized carbons (Fsp3) is 0.846. The van der Waals surface area contributed by atoms with Gasteiger partial charge in [0, 0.05) is 26.2 Å². The molecule has 0 saturated carbocycles. The molecule has 0 atom stereocenters. The molecule has 0 heterocycles. The fourth-order valence-electron chi connectivity index (χ4n) is 1.19. The predicted molar refractivity (Wildman–Crippen MR) is 67.5 cm³/mol. The van der Waals surface area contributed by atoms with Gasteiger partial charge in [-0.3, -0.25) is 0 Å². The Morgan fingerprint density at radius 1 is 1.00 bits per heavy atom. The molecule has 16 heavy (non-hydrogen) atoms. The van der Waals surface area contributed by atoms with Crippen LogP contribution in [0.4, 0.5) is 0 Å². The summed E-state index contributed by atoms with van der Waals surface area (Å²) in [5, 5.41) is 3.26. The quantitative estimate of drug-likeness (QED) is 0.431. The van der Waals surface area contributed by atoms with Gasteiger partial charge < -0.3 is 14.8 Å². The van der Waals surface area contributed by atoms with Gasteiger partial charge in [0.15, 0.2) is 0 Å². The van der Waals surface area contributed by atoms with Crippen molar-refractivity contribution in [2.45, 2.75) is 33.1 Å². The Morgan fingerprint density at radius 2 is 1.69 bits per heavy atom. The zero-order valence-corrected chi connectivity index (χ0v) is 10.7. The van der Waals surface area contributed by atoms with Crippen molar-refractivity contribution in [2.24, 2.45) is 0 Å². The number of nitrogens with one attached hydrogen (secondary N) is 1. The van der Waals surface area contributed by atoms with Crippen molar-refractivity contribution in [1.29, 1.82) is 0 Å². The molecular weight excluding hydrogens is 202 g/mol. The maximum absolute atomic E-state index is 5.46. The van der Waals surface area contributed by atoms with Crippen LogP contribution in [0.25, 0.3) is 0 Å². The van der Waals surface area contributed by atoms with E-state index in [2.05, 4.69) is 24.1 Å². The SMILES string of the molecule is CC#CCCOCCCOCCCNCC. The minimum atomic E-state index is 0.737. The Kier molecular flexibility index (Phi) is 13.9. The van der Waals surface area contributed by atoms with E-state index in [1.54, 1.807) is 0 Å². The molecule has 0 aromatic carbocycles. The zero-order chi connectivity index (χ0) is 11.9. The van der Waals surface area contributed by atoms with E-state index in [1.165, 1.54) is 0 Å². The molecule has 0 aliphatic heterocycles. The van der Waals surface area contributed by atoms with Crippen LogP contribution in [0, 0.1) is 11.8 Å². The maximum atomic E-state index is 5.46. The topological polar surface area (TPSA) is 30.5 Å². The molecule has 0 bridgehead atoms. The van der Waals surface area contributed by atoms with Gasteiger partial charge in [-0.2, -0.15) is 0 Å². The standard InChI is InChI=1S/C13H25NO2/c1-3-5-6-10-15-12-8-13-16-11-7-9-14-4-2/h14H,4,6-13H2,1-2H3. The molecule has 0 amide bonds. The molecule has 0 aromatic heterocycles. The normalized spacial score (nSPS) is 9.88. The molecular formula is C13H25NO2. The van der Waals surface area contributed by atoms with E-state index in [9.17, 15) is 0 Å². The summed E-state index contributed by atoms with van der Waals surface area (Å²) in [6.07, 6.45) is 2.89. The summed E-state index contributed by atoms with van der Waals surface area (Å²) in [5.41, 5.74) is 0. The third kappa shape index (κ3) is 13.4. The molecule has 0 radical (unpaired) electrons. The van der Waals surface area contributed by atoms with E-state index in [1.807, 2.05) is 6.92 Å². The zero-order valence-electron chi connectivity index (χ0n) is 10.7. The average molecular weight is 227 g/mol. The lowest BCUT2D eigenvalue weighted by Crippen LogP contribution is -2.16. The Balaban J connectivity index is 2.89. The number of hydrogen-bond donors (Lipinski definition) is 1. The number of hydrogen-bond acceptors (Lipinski definition) is 3. The van der Waals surface area contributed by atoms with E-state index in [0.717, 1.165) is 58.8 Å². The van der Waals surface area contributed by atoms with Gasteiger partial charge in [0.1, 0.15) is 0 Å². The van der Waals surface area contributed by atoms with E-state index in [0.29, 0.717) is 0 Å². The Bertz CT molecular complexity index is 184. The summed E-state index contributed by atoms with van der Waals surface area (Å²) in [5.74, 6) is 5.81. The van der Waals surface area contributed by atoms with Crippen LogP contribution >= 0.6 is 0 Å². The second kappa shape index (κ2) is 14.4. The molecule has 0 saturated heterocycles. The van der Waals surface area contributed by atoms with E-state index in [4.69, 9.17) is 9.47 Å². The van der Waals surface area contributed by atoms with Crippen molar-refractivity contribution < 1.29 is 9.47 Å². The Morgan fingerprint density at radius 3 is 2.38 bits per heavy atom. The van der Waals surface area contributed by atoms with Crippen molar-refractivity contribution >= 4 is 0 Å². The van der Waals surface area contributed by atoms with Gasteiger partial charge in [0.2, 0.25) is 0 Å². The summed E-state index contributed by atoms with van der Waals surface area (Å²) in [6, 6.07) is 0. The third-order valence-corrected chi connectivity index (χ3v) is 2.02. The summed E-state index contributed by atoms with van der Waals surface area (Å²) in [7, 11) is 0. The number of rotatable bonds is 11. The summed E-state index contributed by atoms with van der Waals surface area (Å²) < 4.78 is 10.8. The van der Waals surface area contributed by atoms with Crippen LogP contribution in [0.1, 0.15) is 33.1 Å². The summed E-state index contributed by atoms with van der Waals surface area (Å²) in [4.78, 5) is 0. The van der Waals surface area contributed by atoms with Crippen molar-refractivity contribution in [2.75, 3.05) is 39.5 Å². The Hall–Kier alpha value is -0.560. The van der Waals surface area contributed by atoms with Crippen LogP contribution in [0.15, 0.2) is 0 Å². The van der Waals surface area contributed by atoms with Crippen molar-refractivity contribution in [3.05, 3.63) is 0 Å². The van der Waals surface area contributed by atoms with E-state index < -0.39 is 0 Å². The highest BCUT2D eigenvalue weighted by molar-refractivity contribution is 4.94. The second-order valence-electron chi connectivity index (χ2n) is 3.46. The molecule has 0 fully saturated rings. The van der Waals surface area contributed by atoms with Gasteiger partial charge in [-0.05, 0) is 32.9 Å². The first-order valence-electron chi connectivity index (χ1n) is 6.17. The summed E-state index contributed by atoms with van der Waals surface area (Å²) >= 11 is 0. The monoisotopic (exact) mass is 227 g/mol. The van der Waals surface area contributed by atoms with E-state index in [-0.39, 0.29) is 0 Å². The largest absolute Gasteiger partial charge is 0.381 e. The van der Waals surface area contributed by atoms with Crippen molar-refractivity contribution in [3.63, 3.8) is 0 Å². The van der Waals surface area contributed by atoms with Crippen LogP contribution in [0.2, 0.25) is 0 Å². The first kappa shape index (κ1) is 15.4. The highest BCUT2D eigenvalue weighted by Gasteiger charge is 1.90. The Labute approximate surface area is 99.9 Å². The summed E-state index contributed by atoms with van der Waals surface area (Å²) in [6.45, 7) is 9.19. The molecule has 0 unspecified atom stereocenters.